The summed E-state index contributed by atoms with van der Waals surface area (Å²) in [5, 5.41) is 7.71. The van der Waals surface area contributed by atoms with Crippen molar-refractivity contribution in [2.24, 2.45) is 0 Å². The van der Waals surface area contributed by atoms with Gasteiger partial charge in [0, 0.05) is 6.54 Å². The standard InChI is InChI=1S/C14H18N4O3.C9H9N3O2/c1-3-4-9-15-13(19)18-11-8-6-5-7-10(11)16-12(18)17-14(20)21-2;1-14-9(13)12-8-10-6-4-2-3-5-7(6)11-8/h5-8H,3-4,9H2,1-2H3,(H,15,19)(H,16,17,20);2-5H,1H3,(H2,10,11,12,13). The largest absolute Gasteiger partial charge is 0.453 e. The van der Waals surface area contributed by atoms with Crippen molar-refractivity contribution in [1.82, 2.24) is 24.8 Å². The number of para-hydroxylation sites is 4. The van der Waals surface area contributed by atoms with Gasteiger partial charge in [0.15, 0.2) is 0 Å². The third kappa shape index (κ3) is 6.47. The molecule has 3 amide bonds. The van der Waals surface area contributed by atoms with Gasteiger partial charge in [0.1, 0.15) is 0 Å². The van der Waals surface area contributed by atoms with Crippen LogP contribution in [0.1, 0.15) is 19.8 Å². The van der Waals surface area contributed by atoms with E-state index in [0.717, 1.165) is 23.9 Å². The third-order valence-corrected chi connectivity index (χ3v) is 4.76. The van der Waals surface area contributed by atoms with E-state index in [0.29, 0.717) is 23.5 Å². The lowest BCUT2D eigenvalue weighted by atomic mass is 10.3. The van der Waals surface area contributed by atoms with E-state index in [1.807, 2.05) is 43.3 Å². The lowest BCUT2D eigenvalue weighted by Crippen LogP contribution is -2.31. The number of aromatic nitrogens is 4. The molecule has 0 saturated carbocycles. The molecule has 0 radical (unpaired) electrons. The number of amides is 3. The van der Waals surface area contributed by atoms with Crippen molar-refractivity contribution in [2.45, 2.75) is 19.8 Å². The number of anilines is 2. The summed E-state index contributed by atoms with van der Waals surface area (Å²) < 4.78 is 10.3. The molecule has 12 heteroatoms. The molecule has 2 heterocycles. The van der Waals surface area contributed by atoms with Crippen LogP contribution in [0.15, 0.2) is 48.5 Å². The summed E-state index contributed by atoms with van der Waals surface area (Å²) in [5.74, 6) is 0.523. The smallest absolute Gasteiger partial charge is 0.413 e. The van der Waals surface area contributed by atoms with Crippen molar-refractivity contribution < 1.29 is 23.9 Å². The van der Waals surface area contributed by atoms with Gasteiger partial charge >= 0.3 is 18.2 Å². The lowest BCUT2D eigenvalue weighted by Gasteiger charge is -2.09. The molecule has 184 valence electrons. The van der Waals surface area contributed by atoms with Crippen LogP contribution in [0.4, 0.5) is 26.3 Å². The van der Waals surface area contributed by atoms with Gasteiger partial charge in [0.05, 0.1) is 36.3 Å². The Kier molecular flexibility index (Phi) is 8.59. The Balaban J connectivity index is 0.000000211. The van der Waals surface area contributed by atoms with Gasteiger partial charge < -0.3 is 19.8 Å². The number of unbranched alkanes of at least 4 members (excludes halogenated alkanes) is 1. The number of methoxy groups -OCH3 is 2. The molecule has 4 aromatic rings. The molecule has 0 spiro atoms. The molecule has 0 fully saturated rings. The average molecular weight is 482 g/mol. The maximum absolute atomic E-state index is 12.3. The first-order chi connectivity index (χ1) is 17.0. The van der Waals surface area contributed by atoms with Crippen LogP contribution < -0.4 is 16.0 Å². The third-order valence-electron chi connectivity index (χ3n) is 4.76. The van der Waals surface area contributed by atoms with Crippen molar-refractivity contribution >= 4 is 52.2 Å². The molecule has 0 saturated heterocycles. The first-order valence-electron chi connectivity index (χ1n) is 10.9. The molecule has 4 rings (SSSR count). The topological polar surface area (TPSA) is 152 Å². The van der Waals surface area contributed by atoms with Gasteiger partial charge in [-0.05, 0) is 30.7 Å². The fourth-order valence-electron chi connectivity index (χ4n) is 3.07. The zero-order chi connectivity index (χ0) is 25.2. The summed E-state index contributed by atoms with van der Waals surface area (Å²) in [5.41, 5.74) is 2.92. The van der Waals surface area contributed by atoms with Crippen molar-refractivity contribution in [3.8, 4) is 0 Å². The lowest BCUT2D eigenvalue weighted by molar-refractivity contribution is 0.185. The number of nitrogens with zero attached hydrogens (tertiary/aromatic N) is 3. The van der Waals surface area contributed by atoms with Gasteiger partial charge in [0.2, 0.25) is 11.9 Å². The summed E-state index contributed by atoms with van der Waals surface area (Å²) in [4.78, 5) is 45.9. The highest BCUT2D eigenvalue weighted by molar-refractivity contribution is 5.96. The number of nitrogens with one attached hydrogen (secondary N) is 4. The number of hydrogen-bond donors (Lipinski definition) is 4. The van der Waals surface area contributed by atoms with E-state index in [1.54, 1.807) is 12.1 Å². The van der Waals surface area contributed by atoms with Crippen LogP contribution in [0.2, 0.25) is 0 Å². The number of rotatable bonds is 5. The minimum Gasteiger partial charge on any atom is -0.453 e. The van der Waals surface area contributed by atoms with Crippen LogP contribution in [0.3, 0.4) is 0 Å². The van der Waals surface area contributed by atoms with E-state index in [4.69, 9.17) is 0 Å². The molecule has 0 aliphatic carbocycles. The molecule has 0 atom stereocenters. The maximum atomic E-state index is 12.3. The Bertz CT molecular complexity index is 1280. The van der Waals surface area contributed by atoms with Crippen LogP contribution in [0.25, 0.3) is 22.1 Å². The number of imidazole rings is 2. The normalized spacial score (nSPS) is 10.3. The summed E-state index contributed by atoms with van der Waals surface area (Å²) in [6.07, 6.45) is 0.660. The Morgan fingerprint density at radius 2 is 1.57 bits per heavy atom. The molecule has 4 N–H and O–H groups in total. The Morgan fingerprint density at radius 3 is 2.26 bits per heavy atom. The van der Waals surface area contributed by atoms with Crippen molar-refractivity contribution in [3.63, 3.8) is 0 Å². The molecule has 0 unspecified atom stereocenters. The van der Waals surface area contributed by atoms with E-state index in [2.05, 4.69) is 40.4 Å². The first kappa shape index (κ1) is 25.0. The van der Waals surface area contributed by atoms with Crippen LogP contribution in [0.5, 0.6) is 0 Å². The summed E-state index contributed by atoms with van der Waals surface area (Å²) in [6, 6.07) is 14.3. The quantitative estimate of drug-likeness (QED) is 0.310. The van der Waals surface area contributed by atoms with Crippen molar-refractivity contribution in [2.75, 3.05) is 31.4 Å². The second-order valence-corrected chi connectivity index (χ2v) is 7.18. The minimum atomic E-state index is -0.673. The fraction of sp³-hybridized carbons (Fsp3) is 0.261. The maximum Gasteiger partial charge on any atom is 0.413 e. The SMILES string of the molecule is CCCCNC(=O)n1c(NC(=O)OC)nc2ccccc21.COC(=O)Nc1nc2ccccc2[nH]1. The van der Waals surface area contributed by atoms with Crippen LogP contribution >= 0.6 is 0 Å². The zero-order valence-electron chi connectivity index (χ0n) is 19.6. The molecule has 0 aliphatic heterocycles. The highest BCUT2D eigenvalue weighted by atomic mass is 16.5. The molecule has 2 aromatic heterocycles. The first-order valence-corrected chi connectivity index (χ1v) is 10.9. The summed E-state index contributed by atoms with van der Waals surface area (Å²) in [6.45, 7) is 2.61. The van der Waals surface area contributed by atoms with Gasteiger partial charge in [-0.3, -0.25) is 10.6 Å². The summed E-state index contributed by atoms with van der Waals surface area (Å²) >= 11 is 0. The number of carbonyl (C=O) groups is 3. The van der Waals surface area contributed by atoms with Gasteiger partial charge in [-0.1, -0.05) is 37.6 Å². The fourth-order valence-corrected chi connectivity index (χ4v) is 3.07. The number of carbonyl (C=O) groups excluding carboxylic acids is 3. The number of benzene rings is 2. The van der Waals surface area contributed by atoms with E-state index in [1.165, 1.54) is 18.8 Å². The monoisotopic (exact) mass is 481 g/mol. The minimum absolute atomic E-state index is 0.136. The molecule has 0 bridgehead atoms. The number of fused-ring (bicyclic) bond motifs is 2. The van der Waals surface area contributed by atoms with E-state index in [9.17, 15) is 14.4 Å². The summed E-state index contributed by atoms with van der Waals surface area (Å²) in [7, 11) is 2.56. The Morgan fingerprint density at radius 1 is 0.914 bits per heavy atom. The van der Waals surface area contributed by atoms with Crippen molar-refractivity contribution in [3.05, 3.63) is 48.5 Å². The Labute approximate surface area is 201 Å². The second kappa shape index (κ2) is 12.0. The van der Waals surface area contributed by atoms with E-state index < -0.39 is 12.2 Å². The van der Waals surface area contributed by atoms with Gasteiger partial charge in [-0.25, -0.2) is 28.9 Å². The number of ether oxygens (including phenoxy) is 2. The van der Waals surface area contributed by atoms with Gasteiger partial charge in [-0.15, -0.1) is 0 Å². The highest BCUT2D eigenvalue weighted by Gasteiger charge is 2.18. The number of H-pyrrole nitrogens is 1. The average Bonchev–Trinajstić information content (AvgIpc) is 3.44. The second-order valence-electron chi connectivity index (χ2n) is 7.18. The molecule has 12 nitrogen and oxygen atoms in total. The molecule has 35 heavy (non-hydrogen) atoms. The zero-order valence-corrected chi connectivity index (χ0v) is 19.6. The Hall–Kier alpha value is -4.61. The van der Waals surface area contributed by atoms with Crippen LogP contribution in [0, 0.1) is 0 Å². The van der Waals surface area contributed by atoms with Crippen molar-refractivity contribution in [1.29, 1.82) is 0 Å². The number of aromatic amines is 1. The van der Waals surface area contributed by atoms with E-state index >= 15 is 0 Å². The molecular formula is C23H27N7O5. The predicted molar refractivity (Wildman–Crippen MR) is 132 cm³/mol. The van der Waals surface area contributed by atoms with Crippen LogP contribution in [-0.2, 0) is 9.47 Å². The highest BCUT2D eigenvalue weighted by Crippen LogP contribution is 2.19. The van der Waals surface area contributed by atoms with Gasteiger partial charge in [-0.2, -0.15) is 0 Å². The van der Waals surface area contributed by atoms with E-state index in [-0.39, 0.29) is 12.0 Å². The predicted octanol–water partition coefficient (Wildman–Crippen LogP) is 4.31. The molecule has 0 aliphatic rings. The molecule has 2 aromatic carbocycles. The number of hydrogen-bond acceptors (Lipinski definition) is 7. The molecular weight excluding hydrogens is 454 g/mol. The van der Waals surface area contributed by atoms with Gasteiger partial charge in [0.25, 0.3) is 0 Å². The van der Waals surface area contributed by atoms with Crippen LogP contribution in [-0.4, -0.2) is 58.5 Å².